The van der Waals surface area contributed by atoms with Crippen LogP contribution in [0.2, 0.25) is 0 Å². The van der Waals surface area contributed by atoms with Crippen LogP contribution in [-0.2, 0) is 0 Å². The third kappa shape index (κ3) is 1.66. The molecule has 5 heteroatoms. The molecule has 0 atom stereocenters. The summed E-state index contributed by atoms with van der Waals surface area (Å²) in [4.78, 5) is 0. The Kier molecular flexibility index (Phi) is 2.40. The van der Waals surface area contributed by atoms with Gasteiger partial charge in [0.1, 0.15) is 0 Å². The second-order valence-electron chi connectivity index (χ2n) is 2.57. The highest BCUT2D eigenvalue weighted by Gasteiger charge is 2.06. The molecule has 0 fully saturated rings. The third-order valence-electron chi connectivity index (χ3n) is 1.32. The molecule has 0 aliphatic heterocycles. The topological polar surface area (TPSA) is 55.6 Å². The van der Waals surface area contributed by atoms with E-state index < -0.39 is 0 Å². The maximum absolute atomic E-state index is 3.83. The van der Waals surface area contributed by atoms with Gasteiger partial charge in [-0.2, -0.15) is 0 Å². The smallest absolute Gasteiger partial charge is 0.243 e. The van der Waals surface area contributed by atoms with E-state index >= 15 is 0 Å². The van der Waals surface area contributed by atoms with Crippen LogP contribution in [0.5, 0.6) is 0 Å². The summed E-state index contributed by atoms with van der Waals surface area (Å²) in [5.74, 6) is 0.738. The average molecular weight is 155 g/mol. The Morgan fingerprint density at radius 3 is 2.82 bits per heavy atom. The van der Waals surface area contributed by atoms with Crippen molar-refractivity contribution in [3.8, 4) is 0 Å². The Balaban J connectivity index is 2.78. The van der Waals surface area contributed by atoms with E-state index in [4.69, 9.17) is 0 Å². The zero-order chi connectivity index (χ0) is 8.27. The standard InChI is InChI=1S/C6H13N5/c1-4-7-6-8-9-10-11(6)5(2)3/h5H,4H2,1-3H3,(H,7,8,10). The fraction of sp³-hybridized carbons (Fsp3) is 0.833. The lowest BCUT2D eigenvalue weighted by Crippen LogP contribution is -2.10. The molecule has 0 amide bonds. The van der Waals surface area contributed by atoms with Gasteiger partial charge in [-0.05, 0) is 31.2 Å². The van der Waals surface area contributed by atoms with Crippen LogP contribution in [-0.4, -0.2) is 26.8 Å². The van der Waals surface area contributed by atoms with E-state index in [9.17, 15) is 0 Å². The molecule has 0 saturated heterocycles. The number of hydrogen-bond acceptors (Lipinski definition) is 4. The number of nitrogens with zero attached hydrogens (tertiary/aromatic N) is 4. The summed E-state index contributed by atoms with van der Waals surface area (Å²) in [6.07, 6.45) is 0. The van der Waals surface area contributed by atoms with Crippen molar-refractivity contribution in [3.05, 3.63) is 0 Å². The Morgan fingerprint density at radius 1 is 1.55 bits per heavy atom. The minimum atomic E-state index is 0.305. The van der Waals surface area contributed by atoms with Gasteiger partial charge in [0.15, 0.2) is 0 Å². The van der Waals surface area contributed by atoms with Crippen LogP contribution < -0.4 is 5.32 Å². The first-order valence-electron chi connectivity index (χ1n) is 3.77. The highest BCUT2D eigenvalue weighted by molar-refractivity contribution is 5.21. The highest BCUT2D eigenvalue weighted by atomic mass is 15.6. The molecule has 0 aromatic carbocycles. The normalized spacial score (nSPS) is 10.5. The Labute approximate surface area is 65.8 Å². The van der Waals surface area contributed by atoms with E-state index in [1.807, 2.05) is 20.8 Å². The largest absolute Gasteiger partial charge is 0.353 e. The number of rotatable bonds is 3. The number of hydrogen-bond donors (Lipinski definition) is 1. The summed E-state index contributed by atoms with van der Waals surface area (Å²) in [5.41, 5.74) is 0. The molecule has 62 valence electrons. The molecule has 0 radical (unpaired) electrons. The van der Waals surface area contributed by atoms with Gasteiger partial charge in [0.25, 0.3) is 0 Å². The predicted octanol–water partition coefficient (Wildman–Crippen LogP) is 0.686. The van der Waals surface area contributed by atoms with Gasteiger partial charge < -0.3 is 5.32 Å². The predicted molar refractivity (Wildman–Crippen MR) is 42.4 cm³/mol. The van der Waals surface area contributed by atoms with E-state index in [1.165, 1.54) is 0 Å². The summed E-state index contributed by atoms with van der Waals surface area (Å²) in [6.45, 7) is 6.93. The van der Waals surface area contributed by atoms with Crippen molar-refractivity contribution in [3.63, 3.8) is 0 Å². The lowest BCUT2D eigenvalue weighted by molar-refractivity contribution is 0.519. The third-order valence-corrected chi connectivity index (χ3v) is 1.32. The summed E-state index contributed by atoms with van der Waals surface area (Å²) in [6, 6.07) is 0.305. The Morgan fingerprint density at radius 2 is 2.27 bits per heavy atom. The molecular weight excluding hydrogens is 142 g/mol. The Hall–Kier alpha value is -1.13. The summed E-state index contributed by atoms with van der Waals surface area (Å²) in [5, 5.41) is 14.3. The number of aromatic nitrogens is 4. The van der Waals surface area contributed by atoms with Gasteiger partial charge in [0, 0.05) is 6.54 Å². The molecule has 1 aromatic heterocycles. The molecule has 0 spiro atoms. The molecule has 0 saturated carbocycles. The SMILES string of the molecule is CCNc1nnnn1C(C)C. The molecule has 1 aromatic rings. The van der Waals surface area contributed by atoms with Crippen molar-refractivity contribution in [2.45, 2.75) is 26.8 Å². The van der Waals surface area contributed by atoms with E-state index in [0.29, 0.717) is 6.04 Å². The first kappa shape index (κ1) is 7.97. The number of anilines is 1. The summed E-state index contributed by atoms with van der Waals surface area (Å²) >= 11 is 0. The molecule has 0 unspecified atom stereocenters. The van der Waals surface area contributed by atoms with Gasteiger partial charge in [-0.25, -0.2) is 4.68 Å². The van der Waals surface area contributed by atoms with Crippen LogP contribution in [0.4, 0.5) is 5.95 Å². The van der Waals surface area contributed by atoms with E-state index in [-0.39, 0.29) is 0 Å². The van der Waals surface area contributed by atoms with E-state index in [0.717, 1.165) is 12.5 Å². The van der Waals surface area contributed by atoms with Gasteiger partial charge in [-0.15, -0.1) is 0 Å². The second-order valence-corrected chi connectivity index (χ2v) is 2.57. The van der Waals surface area contributed by atoms with Crippen LogP contribution in [0.25, 0.3) is 0 Å². The van der Waals surface area contributed by atoms with Gasteiger partial charge in [-0.3, -0.25) is 0 Å². The van der Waals surface area contributed by atoms with E-state index in [1.54, 1.807) is 4.68 Å². The maximum atomic E-state index is 3.83. The molecule has 1 rings (SSSR count). The van der Waals surface area contributed by atoms with Crippen LogP contribution in [0, 0.1) is 0 Å². The lowest BCUT2D eigenvalue weighted by Gasteiger charge is -2.06. The van der Waals surface area contributed by atoms with Crippen molar-refractivity contribution >= 4 is 5.95 Å². The maximum Gasteiger partial charge on any atom is 0.243 e. The minimum Gasteiger partial charge on any atom is -0.353 e. The molecule has 1 N–H and O–H groups in total. The van der Waals surface area contributed by atoms with Crippen LogP contribution >= 0.6 is 0 Å². The van der Waals surface area contributed by atoms with Crippen molar-refractivity contribution in [1.29, 1.82) is 0 Å². The molecular formula is C6H13N5. The zero-order valence-corrected chi connectivity index (χ0v) is 7.07. The van der Waals surface area contributed by atoms with Crippen LogP contribution in [0.1, 0.15) is 26.8 Å². The first-order chi connectivity index (χ1) is 5.25. The fourth-order valence-corrected chi connectivity index (χ4v) is 0.816. The van der Waals surface area contributed by atoms with Gasteiger partial charge in [0.2, 0.25) is 5.95 Å². The van der Waals surface area contributed by atoms with Crippen molar-refractivity contribution in [1.82, 2.24) is 20.2 Å². The quantitative estimate of drug-likeness (QED) is 0.697. The molecule has 11 heavy (non-hydrogen) atoms. The van der Waals surface area contributed by atoms with Crippen LogP contribution in [0.15, 0.2) is 0 Å². The molecule has 0 aliphatic rings. The first-order valence-corrected chi connectivity index (χ1v) is 3.77. The van der Waals surface area contributed by atoms with E-state index in [2.05, 4.69) is 20.8 Å². The fourth-order valence-electron chi connectivity index (χ4n) is 0.816. The average Bonchev–Trinajstić information content (AvgIpc) is 2.36. The summed E-state index contributed by atoms with van der Waals surface area (Å²) in [7, 11) is 0. The zero-order valence-electron chi connectivity index (χ0n) is 7.07. The monoisotopic (exact) mass is 155 g/mol. The Bertz CT molecular complexity index is 217. The molecule has 5 nitrogen and oxygen atoms in total. The van der Waals surface area contributed by atoms with Crippen LogP contribution in [0.3, 0.4) is 0 Å². The second kappa shape index (κ2) is 3.32. The summed E-state index contributed by atoms with van der Waals surface area (Å²) < 4.78 is 1.75. The number of tetrazole rings is 1. The van der Waals surface area contributed by atoms with Crippen molar-refractivity contribution in [2.24, 2.45) is 0 Å². The lowest BCUT2D eigenvalue weighted by atomic mass is 10.4. The van der Waals surface area contributed by atoms with Crippen molar-refractivity contribution < 1.29 is 0 Å². The highest BCUT2D eigenvalue weighted by Crippen LogP contribution is 2.07. The van der Waals surface area contributed by atoms with Gasteiger partial charge in [-0.1, -0.05) is 5.10 Å². The molecule has 0 aliphatic carbocycles. The van der Waals surface area contributed by atoms with Gasteiger partial charge in [0.05, 0.1) is 6.04 Å². The minimum absolute atomic E-state index is 0.305. The molecule has 1 heterocycles. The number of nitrogens with one attached hydrogen (secondary N) is 1. The van der Waals surface area contributed by atoms with Crippen molar-refractivity contribution in [2.75, 3.05) is 11.9 Å². The molecule has 0 bridgehead atoms. The van der Waals surface area contributed by atoms with Gasteiger partial charge >= 0.3 is 0 Å².